The molecule has 0 atom stereocenters. The van der Waals surface area contributed by atoms with E-state index in [1.54, 1.807) is 7.05 Å². The molecule has 0 aliphatic rings. The van der Waals surface area contributed by atoms with Gasteiger partial charge in [0.1, 0.15) is 5.70 Å². The lowest BCUT2D eigenvalue weighted by Gasteiger charge is -2.15. The van der Waals surface area contributed by atoms with Crippen LogP contribution in [0.2, 0.25) is 0 Å². The number of benzene rings is 1. The number of para-hydroxylation sites is 1. The molecular formula is C14H22N4O. The lowest BCUT2D eigenvalue weighted by atomic mass is 10.0. The molecule has 5 heteroatoms. The first-order valence-corrected chi connectivity index (χ1v) is 6.34. The first kappa shape index (κ1) is 14.9. The third-order valence-corrected chi connectivity index (χ3v) is 2.89. The maximum Gasteiger partial charge on any atom is 0.269 e. The molecule has 0 saturated heterocycles. The summed E-state index contributed by atoms with van der Waals surface area (Å²) in [5.74, 6) is -0.285. The van der Waals surface area contributed by atoms with Gasteiger partial charge in [-0.15, -0.1) is 0 Å². The van der Waals surface area contributed by atoms with Crippen molar-refractivity contribution >= 4 is 17.3 Å². The fraction of sp³-hybridized carbons (Fsp3) is 0.357. The van der Waals surface area contributed by atoms with Crippen LogP contribution in [0.5, 0.6) is 0 Å². The van der Waals surface area contributed by atoms with Crippen LogP contribution >= 0.6 is 0 Å². The SMILES string of the molecule is CCCNC(=O)/C(N)=C(\NC)c1cccc(C)c1N. The number of nitrogen functional groups attached to an aromatic ring is 1. The summed E-state index contributed by atoms with van der Waals surface area (Å²) < 4.78 is 0. The van der Waals surface area contributed by atoms with E-state index < -0.39 is 0 Å². The molecule has 1 rings (SSSR count). The van der Waals surface area contributed by atoms with Gasteiger partial charge in [-0.2, -0.15) is 0 Å². The largest absolute Gasteiger partial charge is 0.398 e. The topological polar surface area (TPSA) is 93.2 Å². The molecule has 0 saturated carbocycles. The summed E-state index contributed by atoms with van der Waals surface area (Å²) in [5, 5.41) is 5.71. The molecule has 6 N–H and O–H groups in total. The van der Waals surface area contributed by atoms with E-state index in [9.17, 15) is 4.79 Å². The number of amides is 1. The fourth-order valence-electron chi connectivity index (χ4n) is 1.76. The Morgan fingerprint density at radius 2 is 2.05 bits per heavy atom. The highest BCUT2D eigenvalue weighted by molar-refractivity contribution is 6.01. The lowest BCUT2D eigenvalue weighted by Crippen LogP contribution is -2.32. The maximum absolute atomic E-state index is 11.9. The zero-order valence-corrected chi connectivity index (χ0v) is 11.7. The van der Waals surface area contributed by atoms with Crippen LogP contribution < -0.4 is 22.1 Å². The summed E-state index contributed by atoms with van der Waals surface area (Å²) in [4.78, 5) is 11.9. The summed E-state index contributed by atoms with van der Waals surface area (Å²) in [7, 11) is 1.72. The quantitative estimate of drug-likeness (QED) is 0.469. The molecule has 0 bridgehead atoms. The molecule has 1 aromatic carbocycles. The minimum Gasteiger partial charge on any atom is -0.398 e. The molecule has 1 amide bonds. The van der Waals surface area contributed by atoms with Crippen LogP contribution in [0.15, 0.2) is 23.9 Å². The molecule has 0 unspecified atom stereocenters. The van der Waals surface area contributed by atoms with Crippen molar-refractivity contribution < 1.29 is 4.79 Å². The second-order valence-corrected chi connectivity index (χ2v) is 4.33. The van der Waals surface area contributed by atoms with Gasteiger partial charge >= 0.3 is 0 Å². The number of hydrogen-bond acceptors (Lipinski definition) is 4. The van der Waals surface area contributed by atoms with Gasteiger partial charge in [-0.25, -0.2) is 0 Å². The van der Waals surface area contributed by atoms with Gasteiger partial charge in [-0.3, -0.25) is 4.79 Å². The van der Waals surface area contributed by atoms with Gasteiger partial charge in [-0.1, -0.05) is 25.1 Å². The molecule has 0 aliphatic heterocycles. The monoisotopic (exact) mass is 262 g/mol. The number of carbonyl (C=O) groups excluding carboxylic acids is 1. The van der Waals surface area contributed by atoms with E-state index in [1.165, 1.54) is 0 Å². The Hall–Kier alpha value is -2.17. The zero-order chi connectivity index (χ0) is 14.4. The molecule has 0 aliphatic carbocycles. The van der Waals surface area contributed by atoms with Crippen LogP contribution in [0.1, 0.15) is 24.5 Å². The third kappa shape index (κ3) is 3.40. The van der Waals surface area contributed by atoms with E-state index in [-0.39, 0.29) is 11.6 Å². The van der Waals surface area contributed by atoms with Crippen molar-refractivity contribution in [1.29, 1.82) is 0 Å². The van der Waals surface area contributed by atoms with E-state index in [2.05, 4.69) is 10.6 Å². The van der Waals surface area contributed by atoms with Crippen LogP contribution in [0.3, 0.4) is 0 Å². The van der Waals surface area contributed by atoms with Gasteiger partial charge in [-0.05, 0) is 18.9 Å². The fourth-order valence-corrected chi connectivity index (χ4v) is 1.76. The van der Waals surface area contributed by atoms with Crippen LogP contribution in [0.25, 0.3) is 5.70 Å². The Morgan fingerprint density at radius 1 is 1.37 bits per heavy atom. The third-order valence-electron chi connectivity index (χ3n) is 2.89. The summed E-state index contributed by atoms with van der Waals surface area (Å²) >= 11 is 0. The van der Waals surface area contributed by atoms with Crippen molar-refractivity contribution in [3.63, 3.8) is 0 Å². The van der Waals surface area contributed by atoms with Crippen LogP contribution in [0, 0.1) is 6.92 Å². The van der Waals surface area contributed by atoms with Crippen molar-refractivity contribution in [2.24, 2.45) is 5.73 Å². The summed E-state index contributed by atoms with van der Waals surface area (Å²) in [6, 6.07) is 5.64. The van der Waals surface area contributed by atoms with Crippen molar-refractivity contribution in [1.82, 2.24) is 10.6 Å². The van der Waals surface area contributed by atoms with Gasteiger partial charge in [0.2, 0.25) is 0 Å². The van der Waals surface area contributed by atoms with Crippen LogP contribution in [-0.2, 0) is 4.79 Å². The standard InChI is InChI=1S/C14H22N4O/c1-4-8-18-14(19)12(16)13(17-3)10-7-5-6-9(2)11(10)15/h5-7,17H,4,8,15-16H2,1-3H3,(H,18,19)/b13-12+. The van der Waals surface area contributed by atoms with Crippen LogP contribution in [0.4, 0.5) is 5.69 Å². The number of aryl methyl sites for hydroxylation is 1. The summed E-state index contributed by atoms with van der Waals surface area (Å²) in [5.41, 5.74) is 15.0. The van der Waals surface area contributed by atoms with Gasteiger partial charge in [0, 0.05) is 24.8 Å². The van der Waals surface area contributed by atoms with Crippen molar-refractivity contribution in [3.8, 4) is 0 Å². The highest BCUT2D eigenvalue weighted by atomic mass is 16.2. The van der Waals surface area contributed by atoms with E-state index >= 15 is 0 Å². The van der Waals surface area contributed by atoms with E-state index in [0.29, 0.717) is 17.9 Å². The second-order valence-electron chi connectivity index (χ2n) is 4.33. The predicted octanol–water partition coefficient (Wildman–Crippen LogP) is 0.950. The van der Waals surface area contributed by atoms with E-state index in [1.807, 2.05) is 32.0 Å². The second kappa shape index (κ2) is 6.68. The van der Waals surface area contributed by atoms with Gasteiger partial charge in [0.05, 0.1) is 5.70 Å². The predicted molar refractivity (Wildman–Crippen MR) is 79.1 cm³/mol. The molecule has 0 fully saturated rings. The Kier molecular flexibility index (Phi) is 5.23. The first-order chi connectivity index (χ1) is 9.02. The molecule has 1 aromatic rings. The maximum atomic E-state index is 11.9. The Balaban J connectivity index is 3.18. The van der Waals surface area contributed by atoms with Crippen LogP contribution in [-0.4, -0.2) is 19.5 Å². The molecule has 0 spiro atoms. The number of carbonyl (C=O) groups is 1. The van der Waals surface area contributed by atoms with Gasteiger partial charge < -0.3 is 22.1 Å². The lowest BCUT2D eigenvalue weighted by molar-refractivity contribution is -0.117. The van der Waals surface area contributed by atoms with Gasteiger partial charge in [0.25, 0.3) is 5.91 Å². The molecule has 0 heterocycles. The first-order valence-electron chi connectivity index (χ1n) is 6.34. The van der Waals surface area contributed by atoms with Crippen molar-refractivity contribution in [3.05, 3.63) is 35.0 Å². The molecular weight excluding hydrogens is 240 g/mol. The number of rotatable bonds is 5. The van der Waals surface area contributed by atoms with Crippen molar-refractivity contribution in [2.45, 2.75) is 20.3 Å². The Labute approximate surface area is 114 Å². The minimum absolute atomic E-state index is 0.147. The molecule has 0 radical (unpaired) electrons. The normalized spacial score (nSPS) is 11.7. The highest BCUT2D eigenvalue weighted by Crippen LogP contribution is 2.23. The molecule has 5 nitrogen and oxygen atoms in total. The highest BCUT2D eigenvalue weighted by Gasteiger charge is 2.14. The molecule has 19 heavy (non-hydrogen) atoms. The van der Waals surface area contributed by atoms with Crippen molar-refractivity contribution in [2.75, 3.05) is 19.3 Å². The zero-order valence-electron chi connectivity index (χ0n) is 11.7. The molecule has 104 valence electrons. The van der Waals surface area contributed by atoms with E-state index in [4.69, 9.17) is 11.5 Å². The molecule has 0 aromatic heterocycles. The number of anilines is 1. The number of hydrogen-bond donors (Lipinski definition) is 4. The Bertz CT molecular complexity index is 494. The summed E-state index contributed by atoms with van der Waals surface area (Å²) in [6.45, 7) is 4.50. The van der Waals surface area contributed by atoms with Gasteiger partial charge in [0.15, 0.2) is 0 Å². The number of nitrogens with two attached hydrogens (primary N) is 2. The average molecular weight is 262 g/mol. The van der Waals surface area contributed by atoms with E-state index in [0.717, 1.165) is 17.5 Å². The smallest absolute Gasteiger partial charge is 0.269 e. The number of nitrogens with one attached hydrogen (secondary N) is 2. The average Bonchev–Trinajstić information content (AvgIpc) is 2.41. The minimum atomic E-state index is -0.285. The Morgan fingerprint density at radius 3 is 2.63 bits per heavy atom. The summed E-state index contributed by atoms with van der Waals surface area (Å²) in [6.07, 6.45) is 0.862.